The first kappa shape index (κ1) is 28.6. The largest absolute Gasteiger partial charge is 0.454 e. The van der Waals surface area contributed by atoms with Crippen molar-refractivity contribution >= 4 is 27.5 Å². The molecule has 2 aromatic carbocycles. The molecule has 2 aromatic rings. The number of nitrogens with zero attached hydrogens (tertiary/aromatic N) is 2. The van der Waals surface area contributed by atoms with Gasteiger partial charge in [-0.1, -0.05) is 18.2 Å². The minimum absolute atomic E-state index is 0.0558. The van der Waals surface area contributed by atoms with Crippen LogP contribution in [-0.4, -0.2) is 76.6 Å². The lowest BCUT2D eigenvalue weighted by Gasteiger charge is -2.31. The van der Waals surface area contributed by atoms with Crippen LogP contribution in [0, 0.1) is 5.92 Å². The number of sulfonamides is 1. The molecule has 1 saturated heterocycles. The van der Waals surface area contributed by atoms with E-state index in [1.807, 2.05) is 6.07 Å². The maximum absolute atomic E-state index is 13.3. The second-order valence-corrected chi connectivity index (χ2v) is 11.5. The fraction of sp³-hybridized carbons (Fsp3) is 0.429. The minimum Gasteiger partial charge on any atom is -0.454 e. The smallest absolute Gasteiger partial charge is 0.253 e. The van der Waals surface area contributed by atoms with Gasteiger partial charge in [-0.2, -0.15) is 4.31 Å². The van der Waals surface area contributed by atoms with Gasteiger partial charge in [0, 0.05) is 57.7 Å². The van der Waals surface area contributed by atoms with Crippen LogP contribution in [0.1, 0.15) is 42.1 Å². The van der Waals surface area contributed by atoms with Crippen molar-refractivity contribution in [2.75, 3.05) is 47.2 Å². The van der Waals surface area contributed by atoms with Crippen molar-refractivity contribution in [1.29, 1.82) is 0 Å². The van der Waals surface area contributed by atoms with Crippen molar-refractivity contribution < 1.29 is 32.2 Å². The highest BCUT2D eigenvalue weighted by molar-refractivity contribution is 7.89. The topological polar surface area (TPSA) is 114 Å². The van der Waals surface area contributed by atoms with E-state index in [0.29, 0.717) is 60.9 Å². The Hall–Kier alpha value is -3.41. The molecule has 0 radical (unpaired) electrons. The Morgan fingerprint density at radius 2 is 1.92 bits per heavy atom. The molecule has 0 bridgehead atoms. The molecule has 1 unspecified atom stereocenters. The van der Waals surface area contributed by atoms with Crippen molar-refractivity contribution in [2.24, 2.45) is 5.92 Å². The summed E-state index contributed by atoms with van der Waals surface area (Å²) in [4.78, 5) is 27.9. The molecule has 2 aliphatic rings. The van der Waals surface area contributed by atoms with Crippen LogP contribution in [0.15, 0.2) is 53.4 Å². The SMILES string of the molecule is C/C=C(/NC(=O)C1CCCN(S(=O)(=O)c2ccc3c(c2)OCO3)C1)c1cccc(C(=O)N(C)CCCOC)c1. The average Bonchev–Trinajstić information content (AvgIpc) is 3.44. The van der Waals surface area contributed by atoms with Crippen molar-refractivity contribution in [2.45, 2.75) is 31.1 Å². The fourth-order valence-electron chi connectivity index (χ4n) is 4.69. The van der Waals surface area contributed by atoms with Gasteiger partial charge in [-0.3, -0.25) is 9.59 Å². The molecular formula is C28H35N3O7S. The van der Waals surface area contributed by atoms with E-state index < -0.39 is 15.9 Å². The van der Waals surface area contributed by atoms with E-state index in [1.54, 1.807) is 56.3 Å². The van der Waals surface area contributed by atoms with E-state index in [-0.39, 0.29) is 30.0 Å². The second kappa shape index (κ2) is 12.6. The van der Waals surface area contributed by atoms with Crippen LogP contribution >= 0.6 is 0 Å². The highest BCUT2D eigenvalue weighted by atomic mass is 32.2. The highest BCUT2D eigenvalue weighted by Crippen LogP contribution is 2.35. The van der Waals surface area contributed by atoms with Gasteiger partial charge in [0.2, 0.25) is 22.7 Å². The molecule has 0 aromatic heterocycles. The van der Waals surface area contributed by atoms with E-state index in [9.17, 15) is 18.0 Å². The number of ether oxygens (including phenoxy) is 3. The predicted molar refractivity (Wildman–Crippen MR) is 146 cm³/mol. The standard InChI is InChI=1S/C28H35N3O7S/c1-4-24(20-8-5-9-21(16-20)28(33)30(2)13-7-15-36-3)29-27(32)22-10-6-14-31(18-22)39(34,35)23-11-12-25-26(17-23)38-19-37-25/h4-5,8-9,11-12,16-17,22H,6-7,10,13-15,18-19H2,1-3H3,(H,29,32)/b24-4+. The van der Waals surface area contributed by atoms with Gasteiger partial charge in [-0.25, -0.2) is 8.42 Å². The highest BCUT2D eigenvalue weighted by Gasteiger charge is 2.34. The van der Waals surface area contributed by atoms with Crippen LogP contribution in [0.2, 0.25) is 0 Å². The molecular weight excluding hydrogens is 522 g/mol. The number of allylic oxidation sites excluding steroid dienone is 1. The lowest BCUT2D eigenvalue weighted by Crippen LogP contribution is -2.45. The van der Waals surface area contributed by atoms with Crippen molar-refractivity contribution in [3.05, 3.63) is 59.7 Å². The summed E-state index contributed by atoms with van der Waals surface area (Å²) in [5, 5.41) is 2.96. The van der Waals surface area contributed by atoms with Crippen LogP contribution < -0.4 is 14.8 Å². The van der Waals surface area contributed by atoms with Gasteiger partial charge in [0.15, 0.2) is 11.5 Å². The quantitative estimate of drug-likeness (QED) is 0.447. The molecule has 10 nitrogen and oxygen atoms in total. The van der Waals surface area contributed by atoms with Crippen LogP contribution in [0.5, 0.6) is 11.5 Å². The Morgan fingerprint density at radius 3 is 2.69 bits per heavy atom. The Labute approximate surface area is 229 Å². The molecule has 11 heteroatoms. The van der Waals surface area contributed by atoms with Gasteiger partial charge in [0.25, 0.3) is 5.91 Å². The van der Waals surface area contributed by atoms with Gasteiger partial charge in [0.1, 0.15) is 0 Å². The maximum Gasteiger partial charge on any atom is 0.253 e. The van der Waals surface area contributed by atoms with Gasteiger partial charge < -0.3 is 24.4 Å². The number of benzene rings is 2. The van der Waals surface area contributed by atoms with Crippen LogP contribution in [0.25, 0.3) is 5.70 Å². The number of nitrogens with one attached hydrogen (secondary N) is 1. The number of amides is 2. The third-order valence-corrected chi connectivity index (χ3v) is 8.75. The number of hydrogen-bond acceptors (Lipinski definition) is 7. The van der Waals surface area contributed by atoms with Crippen LogP contribution in [-0.2, 0) is 19.6 Å². The first-order chi connectivity index (χ1) is 18.7. The number of rotatable bonds is 10. The number of hydrogen-bond donors (Lipinski definition) is 1. The average molecular weight is 558 g/mol. The third kappa shape index (κ3) is 6.60. The van der Waals surface area contributed by atoms with E-state index in [2.05, 4.69) is 5.32 Å². The fourth-order valence-corrected chi connectivity index (χ4v) is 6.23. The summed E-state index contributed by atoms with van der Waals surface area (Å²) < 4.78 is 43.7. The third-order valence-electron chi connectivity index (χ3n) is 6.89. The Kier molecular flexibility index (Phi) is 9.26. The summed E-state index contributed by atoms with van der Waals surface area (Å²) in [7, 11) is -0.443. The zero-order valence-corrected chi connectivity index (χ0v) is 23.3. The summed E-state index contributed by atoms with van der Waals surface area (Å²) in [6.07, 6.45) is 3.64. The number of carbonyl (C=O) groups is 2. The molecule has 2 heterocycles. The Balaban J connectivity index is 1.42. The van der Waals surface area contributed by atoms with E-state index >= 15 is 0 Å². The maximum atomic E-state index is 13.3. The first-order valence-corrected chi connectivity index (χ1v) is 14.4. The normalized spacial score (nSPS) is 17.6. The lowest BCUT2D eigenvalue weighted by atomic mass is 9.98. The summed E-state index contributed by atoms with van der Waals surface area (Å²) in [5.74, 6) is -0.00285. The van der Waals surface area contributed by atoms with Crippen molar-refractivity contribution in [1.82, 2.24) is 14.5 Å². The lowest BCUT2D eigenvalue weighted by molar-refractivity contribution is -0.124. The summed E-state index contributed by atoms with van der Waals surface area (Å²) in [5.41, 5.74) is 1.77. The summed E-state index contributed by atoms with van der Waals surface area (Å²) >= 11 is 0. The molecule has 39 heavy (non-hydrogen) atoms. The zero-order chi connectivity index (χ0) is 28.0. The molecule has 0 spiro atoms. The van der Waals surface area contributed by atoms with Crippen LogP contribution in [0.3, 0.4) is 0 Å². The molecule has 1 fully saturated rings. The number of piperidine rings is 1. The zero-order valence-electron chi connectivity index (χ0n) is 22.5. The molecule has 1 atom stereocenters. The molecule has 1 N–H and O–H groups in total. The van der Waals surface area contributed by atoms with Gasteiger partial charge in [0.05, 0.1) is 10.8 Å². The predicted octanol–water partition coefficient (Wildman–Crippen LogP) is 3.10. The van der Waals surface area contributed by atoms with Gasteiger partial charge in [-0.15, -0.1) is 0 Å². The Bertz CT molecular complexity index is 1340. The minimum atomic E-state index is -3.81. The first-order valence-electron chi connectivity index (χ1n) is 13.0. The van der Waals surface area contributed by atoms with E-state index in [1.165, 1.54) is 16.4 Å². The molecule has 2 aliphatic heterocycles. The van der Waals surface area contributed by atoms with E-state index in [0.717, 1.165) is 6.42 Å². The van der Waals surface area contributed by atoms with Gasteiger partial charge >= 0.3 is 0 Å². The molecule has 2 amide bonds. The summed E-state index contributed by atoms with van der Waals surface area (Å²) in [6.45, 7) is 3.41. The second-order valence-electron chi connectivity index (χ2n) is 9.56. The number of fused-ring (bicyclic) bond motifs is 1. The molecule has 0 saturated carbocycles. The Morgan fingerprint density at radius 1 is 1.15 bits per heavy atom. The van der Waals surface area contributed by atoms with Crippen molar-refractivity contribution in [3.8, 4) is 11.5 Å². The molecule has 210 valence electrons. The number of methoxy groups -OCH3 is 1. The van der Waals surface area contributed by atoms with Gasteiger partial charge in [-0.05, 0) is 56.0 Å². The van der Waals surface area contributed by atoms with E-state index in [4.69, 9.17) is 14.2 Å². The monoisotopic (exact) mass is 557 g/mol. The summed E-state index contributed by atoms with van der Waals surface area (Å²) in [6, 6.07) is 11.6. The van der Waals surface area contributed by atoms with Crippen molar-refractivity contribution in [3.63, 3.8) is 0 Å². The van der Waals surface area contributed by atoms with Crippen LogP contribution in [0.4, 0.5) is 0 Å². The number of carbonyl (C=O) groups excluding carboxylic acids is 2. The molecule has 4 rings (SSSR count). The molecule has 0 aliphatic carbocycles.